The molecule has 47 heavy (non-hydrogen) atoms. The zero-order valence-electron chi connectivity index (χ0n) is 25.9. The van der Waals surface area contributed by atoms with Crippen LogP contribution in [0.2, 0.25) is 0 Å². The van der Waals surface area contributed by atoms with E-state index >= 15 is 0 Å². The fourth-order valence-corrected chi connectivity index (χ4v) is 5.42. The number of rotatable bonds is 10. The number of benzene rings is 4. The molecule has 5 aromatic rings. The Morgan fingerprint density at radius 3 is 2.38 bits per heavy atom. The zero-order chi connectivity index (χ0) is 33.0. The number of pyridine rings is 1. The molecule has 0 saturated heterocycles. The standard InChI is InChI=1S/C38H32F2N4O3/c1-25-35(36(45)42-32-12-6-11-31(22-32)38(2,39)40)37(46)44(43-25)33-20-28(19-30(21-33)29-10-7-17-41-23-29)18-26-13-15-34(16-14-26)47-24-27-8-4-3-5-9-27/h3-17,19-23,35H,18,24H2,1-2H3,(H,42,45). The summed E-state index contributed by atoms with van der Waals surface area (Å²) in [5.74, 6) is -4.71. The normalized spacial score (nSPS) is 14.6. The average molecular weight is 631 g/mol. The summed E-state index contributed by atoms with van der Waals surface area (Å²) in [6, 6.07) is 32.8. The first kappa shape index (κ1) is 31.3. The van der Waals surface area contributed by atoms with Crippen molar-refractivity contribution in [2.75, 3.05) is 10.3 Å². The second-order valence-corrected chi connectivity index (χ2v) is 11.5. The summed E-state index contributed by atoms with van der Waals surface area (Å²) in [4.78, 5) is 31.2. The van der Waals surface area contributed by atoms with Gasteiger partial charge in [0.05, 0.1) is 11.4 Å². The van der Waals surface area contributed by atoms with Gasteiger partial charge in [-0.05, 0) is 78.1 Å². The molecular formula is C38H32F2N4O3. The summed E-state index contributed by atoms with van der Waals surface area (Å²) in [6.45, 7) is 2.86. The number of nitrogens with zero attached hydrogens (tertiary/aromatic N) is 3. The third kappa shape index (κ3) is 7.41. The Morgan fingerprint density at radius 2 is 1.66 bits per heavy atom. The van der Waals surface area contributed by atoms with E-state index in [0.29, 0.717) is 24.4 Å². The number of hydrogen-bond donors (Lipinski definition) is 1. The Hall–Kier alpha value is -5.70. The SMILES string of the molecule is CC1=NN(c2cc(Cc3ccc(OCc4ccccc4)cc3)cc(-c3cccnc3)c2)C(=O)C1C(=O)Nc1cccc(C(C)(F)F)c1. The van der Waals surface area contributed by atoms with Gasteiger partial charge in [-0.25, -0.2) is 8.78 Å². The molecule has 0 aliphatic carbocycles. The first-order valence-electron chi connectivity index (χ1n) is 15.1. The summed E-state index contributed by atoms with van der Waals surface area (Å²) in [5, 5.41) is 8.32. The van der Waals surface area contributed by atoms with Crippen molar-refractivity contribution in [2.45, 2.75) is 32.8 Å². The smallest absolute Gasteiger partial charge is 0.270 e. The fourth-order valence-electron chi connectivity index (χ4n) is 5.42. The monoisotopic (exact) mass is 630 g/mol. The second kappa shape index (κ2) is 13.3. The van der Waals surface area contributed by atoms with E-state index in [0.717, 1.165) is 40.5 Å². The van der Waals surface area contributed by atoms with Crippen molar-refractivity contribution in [1.82, 2.24) is 4.98 Å². The Labute approximate surface area is 271 Å². The molecule has 0 radical (unpaired) electrons. The minimum atomic E-state index is -3.08. The van der Waals surface area contributed by atoms with E-state index < -0.39 is 23.7 Å². The van der Waals surface area contributed by atoms with Crippen molar-refractivity contribution < 1.29 is 23.1 Å². The quantitative estimate of drug-likeness (QED) is 0.159. The highest BCUT2D eigenvalue weighted by Crippen LogP contribution is 2.33. The number of carbonyl (C=O) groups is 2. The van der Waals surface area contributed by atoms with Gasteiger partial charge in [-0.1, -0.05) is 66.7 Å². The van der Waals surface area contributed by atoms with Crippen LogP contribution in [0.1, 0.15) is 36.1 Å². The van der Waals surface area contributed by atoms with Gasteiger partial charge in [0, 0.05) is 36.1 Å². The molecule has 7 nitrogen and oxygen atoms in total. The van der Waals surface area contributed by atoms with Gasteiger partial charge in [-0.2, -0.15) is 10.1 Å². The summed E-state index contributed by atoms with van der Waals surface area (Å²) >= 11 is 0. The summed E-state index contributed by atoms with van der Waals surface area (Å²) < 4.78 is 33.7. The molecule has 0 fully saturated rings. The van der Waals surface area contributed by atoms with Crippen LogP contribution in [0.3, 0.4) is 0 Å². The molecule has 9 heteroatoms. The van der Waals surface area contributed by atoms with E-state index in [1.54, 1.807) is 19.3 Å². The van der Waals surface area contributed by atoms with Crippen LogP contribution in [0.25, 0.3) is 11.1 Å². The minimum absolute atomic E-state index is 0.172. The summed E-state index contributed by atoms with van der Waals surface area (Å²) in [7, 11) is 0. The third-order valence-electron chi connectivity index (χ3n) is 7.83. The number of alkyl halides is 2. The number of carbonyl (C=O) groups excluding carboxylic acids is 2. The summed E-state index contributed by atoms with van der Waals surface area (Å²) in [5.41, 5.74) is 5.45. The van der Waals surface area contributed by atoms with Gasteiger partial charge in [0.15, 0.2) is 5.92 Å². The van der Waals surface area contributed by atoms with E-state index in [2.05, 4.69) is 15.4 Å². The van der Waals surface area contributed by atoms with Gasteiger partial charge in [0.1, 0.15) is 12.4 Å². The summed E-state index contributed by atoms with van der Waals surface area (Å²) in [6.07, 6.45) is 3.99. The predicted octanol–water partition coefficient (Wildman–Crippen LogP) is 8.01. The lowest BCUT2D eigenvalue weighted by molar-refractivity contribution is -0.127. The molecule has 0 saturated carbocycles. The van der Waals surface area contributed by atoms with Gasteiger partial charge in [-0.15, -0.1) is 0 Å². The van der Waals surface area contributed by atoms with Crippen molar-refractivity contribution in [3.05, 3.63) is 144 Å². The molecule has 1 N–H and O–H groups in total. The van der Waals surface area contributed by atoms with E-state index in [1.165, 1.54) is 29.3 Å². The molecule has 1 unspecified atom stereocenters. The molecule has 4 aromatic carbocycles. The topological polar surface area (TPSA) is 83.9 Å². The molecular weight excluding hydrogens is 598 g/mol. The van der Waals surface area contributed by atoms with E-state index in [4.69, 9.17) is 4.74 Å². The highest BCUT2D eigenvalue weighted by Gasteiger charge is 2.40. The maximum Gasteiger partial charge on any atom is 0.270 e. The number of hydrogen-bond acceptors (Lipinski definition) is 5. The van der Waals surface area contributed by atoms with E-state index in [-0.39, 0.29) is 11.3 Å². The molecule has 236 valence electrons. The van der Waals surface area contributed by atoms with Gasteiger partial charge in [-0.3, -0.25) is 14.6 Å². The van der Waals surface area contributed by atoms with Crippen LogP contribution in [0.4, 0.5) is 20.2 Å². The lowest BCUT2D eigenvalue weighted by atomic mass is 9.98. The Bertz CT molecular complexity index is 1930. The number of hydrazone groups is 1. The second-order valence-electron chi connectivity index (χ2n) is 11.5. The van der Waals surface area contributed by atoms with Crippen LogP contribution in [0.5, 0.6) is 5.75 Å². The average Bonchev–Trinajstić information content (AvgIpc) is 3.38. The largest absolute Gasteiger partial charge is 0.489 e. The maximum absolute atomic E-state index is 13.9. The molecule has 6 rings (SSSR count). The van der Waals surface area contributed by atoms with Crippen LogP contribution in [0.15, 0.2) is 127 Å². The third-order valence-corrected chi connectivity index (χ3v) is 7.83. The van der Waals surface area contributed by atoms with Crippen molar-refractivity contribution in [2.24, 2.45) is 11.0 Å². The van der Waals surface area contributed by atoms with E-state index in [9.17, 15) is 18.4 Å². The first-order chi connectivity index (χ1) is 22.6. The molecule has 1 aliphatic heterocycles. The molecule has 1 atom stereocenters. The number of nitrogens with one attached hydrogen (secondary N) is 1. The molecule has 1 aliphatic rings. The minimum Gasteiger partial charge on any atom is -0.489 e. The molecule has 1 aromatic heterocycles. The van der Waals surface area contributed by atoms with Crippen LogP contribution in [0, 0.1) is 5.92 Å². The van der Waals surface area contributed by atoms with Gasteiger partial charge in [0.2, 0.25) is 5.91 Å². The Kier molecular flexibility index (Phi) is 8.88. The maximum atomic E-state index is 13.9. The first-order valence-corrected chi connectivity index (χ1v) is 15.1. The van der Waals surface area contributed by atoms with Crippen LogP contribution >= 0.6 is 0 Å². The van der Waals surface area contributed by atoms with Crippen molar-refractivity contribution in [3.63, 3.8) is 0 Å². The van der Waals surface area contributed by atoms with Gasteiger partial charge >= 0.3 is 0 Å². The molecule has 0 bridgehead atoms. The van der Waals surface area contributed by atoms with E-state index in [1.807, 2.05) is 84.9 Å². The highest BCUT2D eigenvalue weighted by molar-refractivity contribution is 6.28. The fraction of sp³-hybridized carbons (Fsp3) is 0.158. The molecule has 2 amide bonds. The Morgan fingerprint density at radius 1 is 0.872 bits per heavy atom. The van der Waals surface area contributed by atoms with Crippen molar-refractivity contribution in [1.29, 1.82) is 0 Å². The number of ether oxygens (including phenoxy) is 1. The molecule has 2 heterocycles. The predicted molar refractivity (Wildman–Crippen MR) is 178 cm³/mol. The number of amides is 2. The lowest BCUT2D eigenvalue weighted by Crippen LogP contribution is -2.36. The van der Waals surface area contributed by atoms with Crippen LogP contribution in [-0.4, -0.2) is 22.5 Å². The van der Waals surface area contributed by atoms with Crippen LogP contribution in [-0.2, 0) is 28.5 Å². The number of anilines is 2. The van der Waals surface area contributed by atoms with Crippen LogP contribution < -0.4 is 15.1 Å². The number of aromatic nitrogens is 1. The van der Waals surface area contributed by atoms with Crippen molar-refractivity contribution in [3.8, 4) is 16.9 Å². The Balaban J connectivity index is 1.23. The number of halogens is 2. The van der Waals surface area contributed by atoms with Gasteiger partial charge < -0.3 is 10.1 Å². The molecule has 0 spiro atoms. The zero-order valence-corrected chi connectivity index (χ0v) is 25.9. The highest BCUT2D eigenvalue weighted by atomic mass is 19.3. The van der Waals surface area contributed by atoms with Gasteiger partial charge in [0.25, 0.3) is 11.8 Å². The van der Waals surface area contributed by atoms with Crippen molar-refractivity contribution >= 4 is 28.9 Å². The lowest BCUT2D eigenvalue weighted by Gasteiger charge is -2.18.